The van der Waals surface area contributed by atoms with Crippen LogP contribution in [0.25, 0.3) is 11.1 Å². The maximum atomic E-state index is 14.0. The van der Waals surface area contributed by atoms with Crippen LogP contribution in [0, 0.1) is 17.1 Å². The summed E-state index contributed by atoms with van der Waals surface area (Å²) in [7, 11) is 0. The van der Waals surface area contributed by atoms with E-state index in [1.54, 1.807) is 6.07 Å². The molecule has 0 unspecified atom stereocenters. The molecule has 0 fully saturated rings. The van der Waals surface area contributed by atoms with Gasteiger partial charge in [0.25, 0.3) is 0 Å². The van der Waals surface area contributed by atoms with Crippen molar-refractivity contribution in [1.82, 2.24) is 0 Å². The van der Waals surface area contributed by atoms with Crippen LogP contribution in [0.2, 0.25) is 5.02 Å². The lowest BCUT2D eigenvalue weighted by Gasteiger charge is -2.08. The molecule has 0 heterocycles. The summed E-state index contributed by atoms with van der Waals surface area (Å²) in [5.74, 6) is -1.84. The smallest absolute Gasteiger partial charge is 0.335 e. The van der Waals surface area contributed by atoms with Gasteiger partial charge in [-0.2, -0.15) is 5.26 Å². The van der Waals surface area contributed by atoms with E-state index in [9.17, 15) is 9.18 Å². The van der Waals surface area contributed by atoms with Crippen LogP contribution in [0.4, 0.5) is 4.39 Å². The largest absolute Gasteiger partial charge is 0.478 e. The number of halogens is 2. The van der Waals surface area contributed by atoms with Gasteiger partial charge in [-0.25, -0.2) is 9.18 Å². The summed E-state index contributed by atoms with van der Waals surface area (Å²) in [6.45, 7) is 0. The summed E-state index contributed by atoms with van der Waals surface area (Å²) in [4.78, 5) is 10.9. The van der Waals surface area contributed by atoms with E-state index in [0.29, 0.717) is 0 Å². The zero-order valence-corrected chi connectivity index (χ0v) is 10.3. The molecule has 0 saturated carbocycles. The summed E-state index contributed by atoms with van der Waals surface area (Å²) < 4.78 is 14.0. The van der Waals surface area contributed by atoms with Crippen molar-refractivity contribution in [3.63, 3.8) is 0 Å². The molecule has 0 atom stereocenters. The van der Waals surface area contributed by atoms with Crippen molar-refractivity contribution in [3.05, 3.63) is 58.4 Å². The number of nitrogens with zero attached hydrogens (tertiary/aromatic N) is 1. The van der Waals surface area contributed by atoms with Gasteiger partial charge < -0.3 is 5.11 Å². The van der Waals surface area contributed by atoms with Crippen molar-refractivity contribution in [2.75, 3.05) is 0 Å². The number of hydrogen-bond donors (Lipinski definition) is 1. The van der Waals surface area contributed by atoms with Crippen molar-refractivity contribution < 1.29 is 14.3 Å². The van der Waals surface area contributed by atoms with Gasteiger partial charge in [-0.3, -0.25) is 0 Å². The average Bonchev–Trinajstić information content (AvgIpc) is 2.39. The third-order valence-electron chi connectivity index (χ3n) is 2.62. The fraction of sp³-hybridized carbons (Fsp3) is 0. The van der Waals surface area contributed by atoms with Gasteiger partial charge in [0.15, 0.2) is 0 Å². The second-order valence-corrected chi connectivity index (χ2v) is 4.19. The van der Waals surface area contributed by atoms with Gasteiger partial charge in [0.2, 0.25) is 0 Å². The number of carboxylic acid groups (broad SMARTS) is 1. The Morgan fingerprint density at radius 2 is 2.00 bits per heavy atom. The third kappa shape index (κ3) is 2.42. The molecule has 0 radical (unpaired) electrons. The van der Waals surface area contributed by atoms with Crippen molar-refractivity contribution in [2.24, 2.45) is 0 Å². The molecule has 0 aliphatic rings. The first-order valence-electron chi connectivity index (χ1n) is 5.26. The Balaban J connectivity index is 2.69. The van der Waals surface area contributed by atoms with E-state index in [1.165, 1.54) is 36.4 Å². The highest BCUT2D eigenvalue weighted by Gasteiger charge is 2.14. The van der Waals surface area contributed by atoms with Gasteiger partial charge in [0.1, 0.15) is 11.9 Å². The van der Waals surface area contributed by atoms with E-state index < -0.39 is 11.8 Å². The monoisotopic (exact) mass is 275 g/mol. The summed E-state index contributed by atoms with van der Waals surface area (Å²) in [6, 6.07) is 10.0. The molecule has 0 spiro atoms. The summed E-state index contributed by atoms with van der Waals surface area (Å²) >= 11 is 5.96. The first-order valence-corrected chi connectivity index (χ1v) is 5.64. The van der Waals surface area contributed by atoms with Gasteiger partial charge >= 0.3 is 5.97 Å². The molecule has 3 nitrogen and oxygen atoms in total. The highest BCUT2D eigenvalue weighted by Crippen LogP contribution is 2.31. The fourth-order valence-electron chi connectivity index (χ4n) is 1.69. The number of nitriles is 1. The number of aromatic carboxylic acids is 1. The zero-order chi connectivity index (χ0) is 14.0. The van der Waals surface area contributed by atoms with E-state index in [4.69, 9.17) is 22.0 Å². The number of rotatable bonds is 2. The van der Waals surface area contributed by atoms with E-state index in [-0.39, 0.29) is 27.3 Å². The number of carbonyl (C=O) groups is 1. The summed E-state index contributed by atoms with van der Waals surface area (Å²) in [5.41, 5.74) is 0.235. The molecule has 94 valence electrons. The van der Waals surface area contributed by atoms with Crippen LogP contribution < -0.4 is 0 Å². The molecule has 0 aliphatic carbocycles. The average molecular weight is 276 g/mol. The van der Waals surface area contributed by atoms with Crippen molar-refractivity contribution >= 4 is 17.6 Å². The predicted molar refractivity (Wildman–Crippen MR) is 68.5 cm³/mol. The fourth-order valence-corrected chi connectivity index (χ4v) is 1.91. The standard InChI is InChI=1S/C14H7ClFNO2/c15-12-5-4-8(14(18)19)6-11(12)10-3-1-2-9(7-17)13(10)16/h1-6H,(H,18,19). The normalized spacial score (nSPS) is 9.95. The molecular formula is C14H7ClFNO2. The molecule has 2 aromatic carbocycles. The number of carboxylic acids is 1. The summed E-state index contributed by atoms with van der Waals surface area (Å²) in [5, 5.41) is 17.9. The minimum atomic E-state index is -1.13. The molecule has 0 amide bonds. The second kappa shape index (κ2) is 5.09. The highest BCUT2D eigenvalue weighted by molar-refractivity contribution is 6.33. The Labute approximate surface area is 113 Å². The lowest BCUT2D eigenvalue weighted by molar-refractivity contribution is 0.0697. The Kier molecular flexibility index (Phi) is 3.50. The maximum Gasteiger partial charge on any atom is 0.335 e. The van der Waals surface area contributed by atoms with Gasteiger partial charge in [-0.05, 0) is 24.3 Å². The van der Waals surface area contributed by atoms with Crippen LogP contribution in [0.3, 0.4) is 0 Å². The molecule has 1 N–H and O–H groups in total. The van der Waals surface area contributed by atoms with Crippen LogP contribution >= 0.6 is 11.6 Å². The number of benzene rings is 2. The lowest BCUT2D eigenvalue weighted by atomic mass is 10.0. The van der Waals surface area contributed by atoms with Gasteiger partial charge in [0.05, 0.1) is 11.1 Å². The maximum absolute atomic E-state index is 14.0. The molecule has 0 bridgehead atoms. The predicted octanol–water partition coefficient (Wildman–Crippen LogP) is 3.72. The Hall–Kier alpha value is -2.38. The Morgan fingerprint density at radius 1 is 1.26 bits per heavy atom. The molecule has 19 heavy (non-hydrogen) atoms. The zero-order valence-electron chi connectivity index (χ0n) is 9.52. The van der Waals surface area contributed by atoms with Gasteiger partial charge in [-0.1, -0.05) is 23.7 Å². The first-order chi connectivity index (χ1) is 9.04. The van der Waals surface area contributed by atoms with E-state index >= 15 is 0 Å². The number of hydrogen-bond acceptors (Lipinski definition) is 2. The first kappa shape index (κ1) is 13.1. The Morgan fingerprint density at radius 3 is 2.63 bits per heavy atom. The van der Waals surface area contributed by atoms with Crippen molar-refractivity contribution in [1.29, 1.82) is 5.26 Å². The van der Waals surface area contributed by atoms with E-state index in [1.807, 2.05) is 0 Å². The van der Waals surface area contributed by atoms with E-state index in [2.05, 4.69) is 0 Å². The third-order valence-corrected chi connectivity index (χ3v) is 2.95. The van der Waals surface area contributed by atoms with Gasteiger partial charge in [-0.15, -0.1) is 0 Å². The quantitative estimate of drug-likeness (QED) is 0.909. The molecule has 5 heteroatoms. The van der Waals surface area contributed by atoms with Crippen LogP contribution in [-0.4, -0.2) is 11.1 Å². The van der Waals surface area contributed by atoms with Crippen LogP contribution in [0.5, 0.6) is 0 Å². The van der Waals surface area contributed by atoms with Crippen LogP contribution in [0.15, 0.2) is 36.4 Å². The van der Waals surface area contributed by atoms with Gasteiger partial charge in [0, 0.05) is 16.1 Å². The molecule has 0 aliphatic heterocycles. The molecule has 0 saturated heterocycles. The van der Waals surface area contributed by atoms with Crippen molar-refractivity contribution in [2.45, 2.75) is 0 Å². The minimum Gasteiger partial charge on any atom is -0.478 e. The SMILES string of the molecule is N#Cc1cccc(-c2cc(C(=O)O)ccc2Cl)c1F. The summed E-state index contributed by atoms with van der Waals surface area (Å²) in [6.07, 6.45) is 0. The molecular weight excluding hydrogens is 269 g/mol. The molecule has 2 aromatic rings. The second-order valence-electron chi connectivity index (χ2n) is 3.78. The van der Waals surface area contributed by atoms with Crippen LogP contribution in [0.1, 0.15) is 15.9 Å². The molecule has 2 rings (SSSR count). The molecule has 0 aromatic heterocycles. The highest BCUT2D eigenvalue weighted by atomic mass is 35.5. The van der Waals surface area contributed by atoms with Crippen LogP contribution in [-0.2, 0) is 0 Å². The van der Waals surface area contributed by atoms with E-state index in [0.717, 1.165) is 0 Å². The minimum absolute atomic E-state index is 0.00107. The van der Waals surface area contributed by atoms with Crippen molar-refractivity contribution in [3.8, 4) is 17.2 Å². The Bertz CT molecular complexity index is 707. The topological polar surface area (TPSA) is 61.1 Å². The lowest BCUT2D eigenvalue weighted by Crippen LogP contribution is -1.97.